The molecule has 0 aliphatic rings. The average molecular weight is 258 g/mol. The van der Waals surface area contributed by atoms with Gasteiger partial charge in [-0.15, -0.1) is 11.4 Å². The van der Waals surface area contributed by atoms with E-state index in [0.29, 0.717) is 17.1 Å². The maximum absolute atomic E-state index is 10.1. The summed E-state index contributed by atoms with van der Waals surface area (Å²) in [5.74, 6) is 0.371. The van der Waals surface area contributed by atoms with E-state index < -0.39 is 6.80 Å². The van der Waals surface area contributed by atoms with E-state index in [-0.39, 0.29) is 65.7 Å². The fourth-order valence-corrected chi connectivity index (χ4v) is 2.36. The molecule has 0 aromatic carbocycles. The number of unbranched alkanes of at least 4 members (excludes halogenated alkanes) is 3. The predicted molar refractivity (Wildman–Crippen MR) is 45.6 cm³/mol. The molecule has 0 saturated carbocycles. The number of rotatable bonds is 7. The van der Waals surface area contributed by atoms with Crippen LogP contribution >= 0.6 is 18.2 Å². The van der Waals surface area contributed by atoms with Gasteiger partial charge in [-0.1, -0.05) is 12.8 Å². The Balaban J connectivity index is -0.000000605. The fourth-order valence-electron chi connectivity index (χ4n) is 0.744. The van der Waals surface area contributed by atoms with Crippen LogP contribution in [0.1, 0.15) is 25.7 Å². The molecule has 1 N–H and O–H groups in total. The van der Waals surface area contributed by atoms with E-state index >= 15 is 0 Å². The van der Waals surface area contributed by atoms with Crippen molar-refractivity contribution in [2.45, 2.75) is 25.7 Å². The Labute approximate surface area is 133 Å². The van der Waals surface area contributed by atoms with Crippen LogP contribution in [0.4, 0.5) is 0 Å². The van der Waals surface area contributed by atoms with Crippen molar-refractivity contribution in [2.75, 3.05) is 12.4 Å². The van der Waals surface area contributed by atoms with Crippen LogP contribution in [0.5, 0.6) is 0 Å². The zero-order chi connectivity index (χ0) is 9.45. The molecule has 4 nitrogen and oxygen atoms in total. The van der Waals surface area contributed by atoms with Crippen molar-refractivity contribution < 1.29 is 78.6 Å². The quantitative estimate of drug-likeness (QED) is 0.279. The molecule has 0 radical (unpaired) electrons. The van der Waals surface area contributed by atoms with Crippen LogP contribution in [-0.2, 0) is 4.57 Å². The molecule has 0 spiro atoms. The van der Waals surface area contributed by atoms with Gasteiger partial charge in [-0.05, 0) is 25.4 Å². The molecule has 0 aromatic heterocycles. The van der Waals surface area contributed by atoms with Gasteiger partial charge in [0.15, 0.2) is 0 Å². The molecule has 0 aliphatic carbocycles. The van der Waals surface area contributed by atoms with Crippen molar-refractivity contribution in [3.63, 3.8) is 0 Å². The van der Waals surface area contributed by atoms with Crippen molar-refractivity contribution in [1.29, 1.82) is 0 Å². The van der Waals surface area contributed by atoms with Crippen molar-refractivity contribution in [3.05, 3.63) is 0 Å². The van der Waals surface area contributed by atoms with Gasteiger partial charge in [-0.2, -0.15) is 0 Å². The summed E-state index contributed by atoms with van der Waals surface area (Å²) in [6.45, 7) is -4.18. The summed E-state index contributed by atoms with van der Waals surface area (Å²) in [5.41, 5.74) is 0. The molecule has 0 atom stereocenters. The summed E-state index contributed by atoms with van der Waals surface area (Å²) in [6.07, 6.45) is 3.23. The van der Waals surface area contributed by atoms with E-state index in [0.717, 1.165) is 25.7 Å². The summed E-state index contributed by atoms with van der Waals surface area (Å²) in [4.78, 5) is 20.2. The van der Waals surface area contributed by atoms with Gasteiger partial charge in [-0.25, -0.2) is 0 Å². The average Bonchev–Trinajstić information content (AvgIpc) is 1.94. The Morgan fingerprint density at radius 3 is 2.00 bits per heavy atom. The smallest absolute Gasteiger partial charge is 0.803 e. The summed E-state index contributed by atoms with van der Waals surface area (Å²) in [7, 11) is 0. The van der Waals surface area contributed by atoms with E-state index in [9.17, 15) is 14.4 Å². The Morgan fingerprint density at radius 2 is 1.57 bits per heavy atom. The van der Waals surface area contributed by atoms with Gasteiger partial charge >= 0.3 is 59.1 Å². The monoisotopic (exact) mass is 258 g/mol. The molecule has 0 aromatic rings. The van der Waals surface area contributed by atoms with Gasteiger partial charge < -0.3 is 19.5 Å². The van der Waals surface area contributed by atoms with Crippen LogP contribution in [0.2, 0.25) is 0 Å². The maximum atomic E-state index is 10.1. The number of aliphatic hydroxyl groups excluding tert-OH is 1. The first-order valence-electron chi connectivity index (χ1n) is 3.84. The Bertz CT molecular complexity index is 155. The maximum Gasteiger partial charge on any atom is 1.00 e. The minimum atomic E-state index is -4.35. The van der Waals surface area contributed by atoms with Gasteiger partial charge in [-0.3, -0.25) is 0 Å². The Kier molecular flexibility index (Phi) is 21.0. The molecule has 8 heteroatoms. The molecule has 0 aliphatic heterocycles. The molecule has 0 saturated heterocycles. The third-order valence-electron chi connectivity index (χ3n) is 1.30. The number of hydrogen-bond donors (Lipinski definition) is 1. The molecule has 0 rings (SSSR count). The second-order valence-corrected chi connectivity index (χ2v) is 6.10. The Morgan fingerprint density at radius 1 is 1.07 bits per heavy atom. The van der Waals surface area contributed by atoms with Crippen LogP contribution in [0.25, 0.3) is 0 Å². The van der Waals surface area contributed by atoms with Gasteiger partial charge in [0.25, 0.3) is 0 Å². The third kappa shape index (κ3) is 19.9. The summed E-state index contributed by atoms with van der Waals surface area (Å²) in [6, 6.07) is 0. The number of aliphatic hydroxyl groups is 1. The zero-order valence-electron chi connectivity index (χ0n) is 8.77. The van der Waals surface area contributed by atoms with Gasteiger partial charge in [0.05, 0.1) is 0 Å². The minimum Gasteiger partial charge on any atom is -0.803 e. The van der Waals surface area contributed by atoms with E-state index in [1.807, 2.05) is 0 Å². The van der Waals surface area contributed by atoms with Crippen LogP contribution in [-0.4, -0.2) is 17.5 Å². The van der Waals surface area contributed by atoms with Crippen LogP contribution in [0.15, 0.2) is 0 Å². The third-order valence-corrected chi connectivity index (χ3v) is 3.59. The van der Waals surface area contributed by atoms with E-state index in [1.54, 1.807) is 0 Å². The normalized spacial score (nSPS) is 10.2. The van der Waals surface area contributed by atoms with E-state index in [1.165, 1.54) is 0 Å². The van der Waals surface area contributed by atoms with Gasteiger partial charge in [0.2, 0.25) is 0 Å². The SMILES string of the molecule is O=P([O-])([O-])SCCCCCCO.[Na+].[Na+]. The second kappa shape index (κ2) is 13.5. The minimum absolute atomic E-state index is 0. The molecular formula is C6H13Na2O4PS. The number of hydrogen-bond acceptors (Lipinski definition) is 5. The Hall–Kier alpha value is 2.46. The molecule has 0 bridgehead atoms. The first-order valence-corrected chi connectivity index (χ1v) is 6.97. The van der Waals surface area contributed by atoms with E-state index in [2.05, 4.69) is 0 Å². The van der Waals surface area contributed by atoms with Gasteiger partial charge in [0.1, 0.15) is 0 Å². The van der Waals surface area contributed by atoms with Crippen molar-refractivity contribution in [2.24, 2.45) is 0 Å². The predicted octanol–water partition coefficient (Wildman–Crippen LogP) is -5.89. The topological polar surface area (TPSA) is 83.4 Å². The summed E-state index contributed by atoms with van der Waals surface area (Å²) in [5, 5.41) is 8.40. The molecule has 0 amide bonds. The molecule has 14 heavy (non-hydrogen) atoms. The molecule has 0 unspecified atom stereocenters. The molecule has 0 fully saturated rings. The largest absolute Gasteiger partial charge is 1.00 e. The first kappa shape index (κ1) is 21.7. The molecular weight excluding hydrogens is 245 g/mol. The van der Waals surface area contributed by atoms with Crippen molar-refractivity contribution in [1.82, 2.24) is 0 Å². The van der Waals surface area contributed by atoms with Gasteiger partial charge in [0, 0.05) is 6.61 Å². The summed E-state index contributed by atoms with van der Waals surface area (Å²) < 4.78 is 10.1. The van der Waals surface area contributed by atoms with Crippen molar-refractivity contribution >= 4 is 18.2 Å². The van der Waals surface area contributed by atoms with E-state index in [4.69, 9.17) is 5.11 Å². The zero-order valence-corrected chi connectivity index (χ0v) is 14.5. The van der Waals surface area contributed by atoms with Crippen LogP contribution < -0.4 is 68.9 Å². The molecule has 74 valence electrons. The summed E-state index contributed by atoms with van der Waals surface area (Å²) >= 11 is 0.474. The second-order valence-electron chi connectivity index (χ2n) is 2.42. The molecule has 0 heterocycles. The van der Waals surface area contributed by atoms with Crippen molar-refractivity contribution in [3.8, 4) is 0 Å². The van der Waals surface area contributed by atoms with Crippen LogP contribution in [0.3, 0.4) is 0 Å². The fraction of sp³-hybridized carbons (Fsp3) is 1.00. The van der Waals surface area contributed by atoms with Crippen LogP contribution in [0, 0.1) is 0 Å². The standard InChI is InChI=1S/C6H15O4PS.2Na/c7-5-3-1-2-4-6-12-11(8,9)10;;/h7H,1-6H2,(H2,8,9,10);;/q;2*+1/p-2. The first-order chi connectivity index (χ1) is 5.56.